The second kappa shape index (κ2) is 12.5. The van der Waals surface area contributed by atoms with Gasteiger partial charge in [0.25, 0.3) is 0 Å². The number of halogens is 2. The second-order valence-electron chi connectivity index (χ2n) is 5.78. The van der Waals surface area contributed by atoms with Gasteiger partial charge in [0.05, 0.1) is 13.7 Å². The minimum absolute atomic E-state index is 0.195. The quantitative estimate of drug-likeness (QED) is 0.342. The third kappa shape index (κ3) is 6.33. The van der Waals surface area contributed by atoms with Gasteiger partial charge >= 0.3 is 0 Å². The fourth-order valence-electron chi connectivity index (χ4n) is 2.88. The molecule has 5 nitrogen and oxygen atoms in total. The first-order valence-electron chi connectivity index (χ1n) is 8.83. The predicted octanol–water partition coefficient (Wildman–Crippen LogP) is 4.35. The largest absolute Gasteiger partial charge is 0.496 e. The van der Waals surface area contributed by atoms with Gasteiger partial charge in [-0.3, -0.25) is 5.41 Å². The molecule has 0 bridgehead atoms. The molecule has 2 N–H and O–H groups in total. The number of hydrogen-bond acceptors (Lipinski definition) is 4. The lowest BCUT2D eigenvalue weighted by Gasteiger charge is -2.23. The van der Waals surface area contributed by atoms with Crippen molar-refractivity contribution in [2.45, 2.75) is 19.8 Å². The zero-order chi connectivity index (χ0) is 21.1. The van der Waals surface area contributed by atoms with Crippen LogP contribution in [0, 0.1) is 5.41 Å². The number of aliphatic hydroxyl groups excluding tert-OH is 1. The van der Waals surface area contributed by atoms with Crippen LogP contribution in [0.15, 0.2) is 40.9 Å². The van der Waals surface area contributed by atoms with E-state index in [0.29, 0.717) is 23.8 Å². The first-order chi connectivity index (χ1) is 13.5. The van der Waals surface area contributed by atoms with Crippen molar-refractivity contribution in [2.24, 2.45) is 0 Å². The van der Waals surface area contributed by atoms with Crippen molar-refractivity contribution in [1.29, 1.82) is 5.41 Å². The van der Waals surface area contributed by atoms with Gasteiger partial charge < -0.3 is 19.5 Å². The Kier molecular flexibility index (Phi) is 10.8. The molecule has 152 valence electrons. The summed E-state index contributed by atoms with van der Waals surface area (Å²) in [7, 11) is 2.65. The summed E-state index contributed by atoms with van der Waals surface area (Å²) in [6.45, 7) is 2.71. The number of amidine groups is 1. The highest BCUT2D eigenvalue weighted by atomic mass is 79.9. The summed E-state index contributed by atoms with van der Waals surface area (Å²) in [6.07, 6.45) is 2.21. The van der Waals surface area contributed by atoms with E-state index in [1.165, 1.54) is 0 Å². The molecule has 0 spiro atoms. The Bertz CT molecular complexity index is 799. The molecule has 0 fully saturated rings. The molecule has 0 unspecified atom stereocenters. The van der Waals surface area contributed by atoms with Crippen LogP contribution in [0.25, 0.3) is 0 Å². The Morgan fingerprint density at radius 2 is 2.00 bits per heavy atom. The van der Waals surface area contributed by atoms with Crippen LogP contribution in [0.3, 0.4) is 0 Å². The molecule has 2 aromatic rings. The van der Waals surface area contributed by atoms with Crippen molar-refractivity contribution in [3.8, 4) is 5.75 Å². The number of ether oxygens (including phenoxy) is 1. The molecular formula is C21H26BrClN2O3. The summed E-state index contributed by atoms with van der Waals surface area (Å²) in [4.78, 5) is 12.6. The topological polar surface area (TPSA) is 73.6 Å². The minimum Gasteiger partial charge on any atom is -0.496 e. The number of aliphatic hydroxyl groups is 1. The van der Waals surface area contributed by atoms with Crippen LogP contribution in [0.5, 0.6) is 5.75 Å². The van der Waals surface area contributed by atoms with Gasteiger partial charge in [0.2, 0.25) is 0 Å². The van der Waals surface area contributed by atoms with Crippen molar-refractivity contribution >= 4 is 39.7 Å². The van der Waals surface area contributed by atoms with Gasteiger partial charge in [-0.15, -0.1) is 0 Å². The van der Waals surface area contributed by atoms with E-state index in [-0.39, 0.29) is 6.54 Å². The molecule has 0 amide bonds. The number of nitrogens with one attached hydrogen (secondary N) is 1. The molecule has 0 saturated heterocycles. The van der Waals surface area contributed by atoms with Gasteiger partial charge in [0, 0.05) is 28.7 Å². The molecule has 0 aliphatic rings. The van der Waals surface area contributed by atoms with Crippen LogP contribution in [0.1, 0.15) is 23.6 Å². The van der Waals surface area contributed by atoms with Crippen molar-refractivity contribution in [3.63, 3.8) is 0 Å². The first-order valence-corrected chi connectivity index (χ1v) is 10.0. The Morgan fingerprint density at radius 1 is 1.29 bits per heavy atom. The third-order valence-corrected chi connectivity index (χ3v) is 5.10. The maximum absolute atomic E-state index is 10.9. The number of likely N-dealkylation sites (N-methyl/N-ethyl adjacent to an activating group) is 1. The number of aldehydes is 1. The number of hydrogen-bond donors (Lipinski definition) is 2. The fraction of sp³-hybridized carbons (Fsp3) is 0.333. The lowest BCUT2D eigenvalue weighted by molar-refractivity contribution is -0.108. The molecule has 0 heterocycles. The zero-order valence-corrected chi connectivity index (χ0v) is 18.7. The SMILES string of the molecule is CCN(CC=O)C(=N)c1cccc(Cl)c1CCc1cc(Br)ccc1OC.CO. The fourth-order valence-corrected chi connectivity index (χ4v) is 3.55. The summed E-state index contributed by atoms with van der Waals surface area (Å²) in [5.74, 6) is 1.14. The predicted molar refractivity (Wildman–Crippen MR) is 118 cm³/mol. The molecule has 0 aromatic heterocycles. The number of benzene rings is 2. The van der Waals surface area contributed by atoms with Crippen LogP contribution in [-0.4, -0.2) is 49.4 Å². The average Bonchev–Trinajstić information content (AvgIpc) is 2.72. The maximum atomic E-state index is 10.9. The molecule has 0 aliphatic heterocycles. The van der Waals surface area contributed by atoms with E-state index >= 15 is 0 Å². The summed E-state index contributed by atoms with van der Waals surface area (Å²) in [5, 5.41) is 16.1. The van der Waals surface area contributed by atoms with Gasteiger partial charge in [0.1, 0.15) is 17.9 Å². The van der Waals surface area contributed by atoms with Crippen LogP contribution in [-0.2, 0) is 17.6 Å². The first kappa shape index (κ1) is 24.1. The maximum Gasteiger partial charge on any atom is 0.139 e. The second-order valence-corrected chi connectivity index (χ2v) is 7.10. The molecule has 28 heavy (non-hydrogen) atoms. The number of carbonyl (C=O) groups is 1. The van der Waals surface area contributed by atoms with Gasteiger partial charge in [-0.25, -0.2) is 0 Å². The monoisotopic (exact) mass is 468 g/mol. The molecule has 0 atom stereocenters. The van der Waals surface area contributed by atoms with E-state index in [1.807, 2.05) is 43.3 Å². The van der Waals surface area contributed by atoms with Gasteiger partial charge in [-0.2, -0.15) is 0 Å². The van der Waals surface area contributed by atoms with E-state index in [9.17, 15) is 4.79 Å². The van der Waals surface area contributed by atoms with Crippen molar-refractivity contribution in [1.82, 2.24) is 4.90 Å². The molecule has 0 saturated carbocycles. The highest BCUT2D eigenvalue weighted by Gasteiger charge is 2.16. The van der Waals surface area contributed by atoms with Crippen LogP contribution in [0.4, 0.5) is 0 Å². The van der Waals surface area contributed by atoms with Crippen LogP contribution >= 0.6 is 27.5 Å². The van der Waals surface area contributed by atoms with Crippen molar-refractivity contribution in [3.05, 3.63) is 62.6 Å². The Balaban J connectivity index is 0.00000190. The summed E-state index contributed by atoms with van der Waals surface area (Å²) < 4.78 is 6.43. The van der Waals surface area contributed by atoms with E-state index in [4.69, 9.17) is 26.9 Å². The van der Waals surface area contributed by atoms with Crippen molar-refractivity contribution in [2.75, 3.05) is 27.3 Å². The third-order valence-electron chi connectivity index (χ3n) is 4.25. The van der Waals surface area contributed by atoms with E-state index in [2.05, 4.69) is 15.9 Å². The summed E-state index contributed by atoms with van der Waals surface area (Å²) >= 11 is 9.94. The Morgan fingerprint density at radius 3 is 2.61 bits per heavy atom. The average molecular weight is 470 g/mol. The number of carbonyl (C=O) groups excluding carboxylic acids is 1. The minimum atomic E-state index is 0.195. The highest BCUT2D eigenvalue weighted by molar-refractivity contribution is 9.10. The lowest BCUT2D eigenvalue weighted by atomic mass is 9.98. The molecule has 0 radical (unpaired) electrons. The number of aryl methyl sites for hydroxylation is 1. The summed E-state index contributed by atoms with van der Waals surface area (Å²) in [5.41, 5.74) is 2.74. The smallest absolute Gasteiger partial charge is 0.139 e. The van der Waals surface area contributed by atoms with Crippen molar-refractivity contribution < 1.29 is 14.6 Å². The Hall–Kier alpha value is -1.89. The number of methoxy groups -OCH3 is 1. The molecule has 2 rings (SSSR count). The molecule has 2 aromatic carbocycles. The highest BCUT2D eigenvalue weighted by Crippen LogP contribution is 2.27. The van der Waals surface area contributed by atoms with E-state index in [1.54, 1.807) is 12.0 Å². The summed E-state index contributed by atoms with van der Waals surface area (Å²) in [6, 6.07) is 11.5. The Labute approximate surface area is 179 Å². The molecule has 7 heteroatoms. The van der Waals surface area contributed by atoms with Gasteiger partial charge in [-0.1, -0.05) is 39.7 Å². The number of rotatable bonds is 8. The van der Waals surface area contributed by atoms with Crippen LogP contribution in [0.2, 0.25) is 5.02 Å². The van der Waals surface area contributed by atoms with E-state index in [0.717, 1.165) is 46.7 Å². The normalized spacial score (nSPS) is 9.93. The van der Waals surface area contributed by atoms with Crippen LogP contribution < -0.4 is 4.74 Å². The number of nitrogens with zero attached hydrogens (tertiary/aromatic N) is 1. The van der Waals surface area contributed by atoms with Gasteiger partial charge in [0.15, 0.2) is 0 Å². The molecular weight excluding hydrogens is 444 g/mol. The lowest BCUT2D eigenvalue weighted by Crippen LogP contribution is -2.33. The zero-order valence-electron chi connectivity index (χ0n) is 16.3. The van der Waals surface area contributed by atoms with Gasteiger partial charge in [-0.05, 0) is 55.2 Å². The van der Waals surface area contributed by atoms with E-state index < -0.39 is 0 Å². The standard InChI is InChI=1S/C20H22BrClN2O2.CH4O/c1-3-24(11-12-25)20(23)17-5-4-6-18(22)16(17)9-7-14-13-15(21)8-10-19(14)26-2;1-2/h4-6,8,10,12-13,23H,3,7,9,11H2,1-2H3;2H,1H3. The molecule has 0 aliphatic carbocycles.